The van der Waals surface area contributed by atoms with Crippen LogP contribution in [0.15, 0.2) is 35.6 Å². The average molecular weight is 272 g/mol. The van der Waals surface area contributed by atoms with Gasteiger partial charge in [0.2, 0.25) is 6.79 Å². The molecule has 0 fully saturated rings. The summed E-state index contributed by atoms with van der Waals surface area (Å²) in [7, 11) is 1.74. The molecule has 20 heavy (non-hydrogen) atoms. The Labute approximate surface area is 114 Å². The van der Waals surface area contributed by atoms with E-state index in [0.29, 0.717) is 17.2 Å². The van der Waals surface area contributed by atoms with Crippen molar-refractivity contribution in [1.82, 2.24) is 15.2 Å². The lowest BCUT2D eigenvalue weighted by atomic mass is 10.2. The quantitative estimate of drug-likeness (QED) is 0.665. The van der Waals surface area contributed by atoms with Crippen molar-refractivity contribution in [2.45, 2.75) is 0 Å². The number of nitrogens with one attached hydrogen (secondary N) is 1. The smallest absolute Gasteiger partial charge is 0.291 e. The summed E-state index contributed by atoms with van der Waals surface area (Å²) in [4.78, 5) is 11.7. The molecule has 102 valence electrons. The van der Waals surface area contributed by atoms with Crippen molar-refractivity contribution in [1.29, 1.82) is 0 Å². The molecule has 0 unspecified atom stereocenters. The number of carbonyl (C=O) groups excluding carboxylic acids is 1. The van der Waals surface area contributed by atoms with Crippen molar-refractivity contribution in [2.75, 3.05) is 6.79 Å². The largest absolute Gasteiger partial charge is 0.454 e. The number of amides is 1. The van der Waals surface area contributed by atoms with E-state index in [1.54, 1.807) is 36.1 Å². The fourth-order valence-corrected chi connectivity index (χ4v) is 1.75. The van der Waals surface area contributed by atoms with Gasteiger partial charge in [-0.05, 0) is 29.8 Å². The number of aryl methyl sites for hydroxylation is 1. The van der Waals surface area contributed by atoms with Gasteiger partial charge in [0, 0.05) is 13.2 Å². The van der Waals surface area contributed by atoms with Crippen molar-refractivity contribution in [3.05, 3.63) is 41.7 Å². The Morgan fingerprint density at radius 3 is 3.05 bits per heavy atom. The lowest BCUT2D eigenvalue weighted by Gasteiger charge is -1.98. The van der Waals surface area contributed by atoms with Gasteiger partial charge in [0.15, 0.2) is 17.2 Å². The van der Waals surface area contributed by atoms with Gasteiger partial charge in [-0.15, -0.1) is 0 Å². The molecule has 1 aliphatic heterocycles. The number of hydrogen-bond acceptors (Lipinski definition) is 5. The summed E-state index contributed by atoms with van der Waals surface area (Å²) in [5.74, 6) is 1.02. The predicted molar refractivity (Wildman–Crippen MR) is 70.8 cm³/mol. The zero-order chi connectivity index (χ0) is 13.9. The fraction of sp³-hybridized carbons (Fsp3) is 0.154. The van der Waals surface area contributed by atoms with Gasteiger partial charge in [-0.1, -0.05) is 0 Å². The molecule has 2 aromatic rings. The number of nitrogens with zero attached hydrogens (tertiary/aromatic N) is 3. The first-order valence-electron chi connectivity index (χ1n) is 5.95. The first-order valence-corrected chi connectivity index (χ1v) is 5.95. The molecule has 0 saturated carbocycles. The molecule has 1 aromatic heterocycles. The summed E-state index contributed by atoms with van der Waals surface area (Å²) in [6, 6.07) is 7.03. The van der Waals surface area contributed by atoms with Gasteiger partial charge in [-0.3, -0.25) is 9.48 Å². The van der Waals surface area contributed by atoms with Gasteiger partial charge in [0.05, 0.1) is 6.21 Å². The normalized spacial score (nSPS) is 12.8. The molecule has 1 aliphatic rings. The fourth-order valence-electron chi connectivity index (χ4n) is 1.75. The van der Waals surface area contributed by atoms with Crippen molar-refractivity contribution in [3.8, 4) is 11.5 Å². The van der Waals surface area contributed by atoms with E-state index in [2.05, 4.69) is 15.6 Å². The number of rotatable bonds is 3. The van der Waals surface area contributed by atoms with Gasteiger partial charge in [-0.25, -0.2) is 5.43 Å². The molecule has 1 aromatic carbocycles. The van der Waals surface area contributed by atoms with E-state index in [-0.39, 0.29) is 12.7 Å². The van der Waals surface area contributed by atoms with Crippen LogP contribution in [0.2, 0.25) is 0 Å². The zero-order valence-electron chi connectivity index (χ0n) is 10.7. The molecule has 7 nitrogen and oxygen atoms in total. The standard InChI is InChI=1S/C13H12N4O3/c1-17-5-4-10(16-17)13(18)15-14-7-9-2-3-11-12(6-9)20-8-19-11/h2-7H,8H2,1H3,(H,15,18)/b14-7-. The second-order valence-corrected chi connectivity index (χ2v) is 4.19. The zero-order valence-corrected chi connectivity index (χ0v) is 10.7. The Kier molecular flexibility index (Phi) is 3.08. The van der Waals surface area contributed by atoms with Gasteiger partial charge in [0.1, 0.15) is 0 Å². The van der Waals surface area contributed by atoms with Crippen LogP contribution in [0.5, 0.6) is 11.5 Å². The second-order valence-electron chi connectivity index (χ2n) is 4.19. The topological polar surface area (TPSA) is 77.7 Å². The monoisotopic (exact) mass is 272 g/mol. The Balaban J connectivity index is 1.64. The van der Waals surface area contributed by atoms with Crippen molar-refractivity contribution >= 4 is 12.1 Å². The summed E-state index contributed by atoms with van der Waals surface area (Å²) in [5.41, 5.74) is 3.53. The number of hydrazone groups is 1. The van der Waals surface area contributed by atoms with Crippen molar-refractivity contribution in [2.24, 2.45) is 12.1 Å². The van der Waals surface area contributed by atoms with Crippen LogP contribution in [0, 0.1) is 0 Å². The van der Waals surface area contributed by atoms with E-state index in [9.17, 15) is 4.79 Å². The van der Waals surface area contributed by atoms with Crippen LogP contribution in [0.3, 0.4) is 0 Å². The Bertz CT molecular complexity index is 678. The van der Waals surface area contributed by atoms with Crippen molar-refractivity contribution < 1.29 is 14.3 Å². The highest BCUT2D eigenvalue weighted by Crippen LogP contribution is 2.31. The van der Waals surface area contributed by atoms with Crippen LogP contribution in [0.1, 0.15) is 16.1 Å². The number of aromatic nitrogens is 2. The third-order valence-corrected chi connectivity index (χ3v) is 2.72. The van der Waals surface area contributed by atoms with Crippen LogP contribution in [0.4, 0.5) is 0 Å². The predicted octanol–water partition coefficient (Wildman–Crippen LogP) is 0.913. The van der Waals surface area contributed by atoms with Gasteiger partial charge >= 0.3 is 0 Å². The van der Waals surface area contributed by atoms with E-state index in [4.69, 9.17) is 9.47 Å². The summed E-state index contributed by atoms with van der Waals surface area (Å²) in [5, 5.41) is 7.86. The summed E-state index contributed by atoms with van der Waals surface area (Å²) in [6.45, 7) is 0.229. The SMILES string of the molecule is Cn1ccc(C(=O)N/N=C\c2ccc3c(c2)OCO3)n1. The lowest BCUT2D eigenvalue weighted by molar-refractivity contribution is 0.0949. The van der Waals surface area contributed by atoms with Crippen LogP contribution in [0.25, 0.3) is 0 Å². The molecular formula is C13H12N4O3. The maximum atomic E-state index is 11.7. The van der Waals surface area contributed by atoms with E-state index >= 15 is 0 Å². The molecule has 1 N–H and O–H groups in total. The van der Waals surface area contributed by atoms with Gasteiger partial charge in [0.25, 0.3) is 5.91 Å². The first-order chi connectivity index (χ1) is 9.72. The molecule has 7 heteroatoms. The lowest BCUT2D eigenvalue weighted by Crippen LogP contribution is -2.18. The second kappa shape index (κ2) is 5.04. The third-order valence-electron chi connectivity index (χ3n) is 2.72. The number of ether oxygens (including phenoxy) is 2. The number of fused-ring (bicyclic) bond motifs is 1. The van der Waals surface area contributed by atoms with E-state index in [1.165, 1.54) is 6.21 Å². The van der Waals surface area contributed by atoms with E-state index in [1.807, 2.05) is 6.07 Å². The minimum absolute atomic E-state index is 0.229. The minimum Gasteiger partial charge on any atom is -0.454 e. The van der Waals surface area contributed by atoms with E-state index < -0.39 is 0 Å². The molecule has 3 rings (SSSR count). The van der Waals surface area contributed by atoms with Crippen LogP contribution in [-0.2, 0) is 7.05 Å². The number of benzene rings is 1. The Morgan fingerprint density at radius 1 is 1.40 bits per heavy atom. The summed E-state index contributed by atoms with van der Waals surface area (Å²) >= 11 is 0. The van der Waals surface area contributed by atoms with Crippen LogP contribution < -0.4 is 14.9 Å². The molecule has 2 heterocycles. The molecule has 0 aliphatic carbocycles. The van der Waals surface area contributed by atoms with Crippen molar-refractivity contribution in [3.63, 3.8) is 0 Å². The molecular weight excluding hydrogens is 260 g/mol. The molecule has 0 atom stereocenters. The Morgan fingerprint density at radius 2 is 2.25 bits per heavy atom. The van der Waals surface area contributed by atoms with Gasteiger partial charge in [-0.2, -0.15) is 10.2 Å². The molecule has 1 amide bonds. The highest BCUT2D eigenvalue weighted by atomic mass is 16.7. The van der Waals surface area contributed by atoms with Crippen LogP contribution in [-0.4, -0.2) is 28.7 Å². The van der Waals surface area contributed by atoms with E-state index in [0.717, 1.165) is 5.56 Å². The number of hydrogen-bond donors (Lipinski definition) is 1. The summed E-state index contributed by atoms with van der Waals surface area (Å²) in [6.07, 6.45) is 3.22. The highest BCUT2D eigenvalue weighted by Gasteiger charge is 2.12. The average Bonchev–Trinajstić information content (AvgIpc) is 3.06. The first kappa shape index (κ1) is 12.2. The Hall–Kier alpha value is -2.83. The minimum atomic E-state index is -0.359. The molecule has 0 saturated heterocycles. The van der Waals surface area contributed by atoms with Gasteiger partial charge < -0.3 is 9.47 Å². The number of carbonyl (C=O) groups is 1. The maximum absolute atomic E-state index is 11.7. The molecule has 0 radical (unpaired) electrons. The summed E-state index contributed by atoms with van der Waals surface area (Å²) < 4.78 is 12.0. The van der Waals surface area contributed by atoms with Crippen LogP contribution >= 0.6 is 0 Å². The highest BCUT2D eigenvalue weighted by molar-refractivity contribution is 5.93. The third kappa shape index (κ3) is 2.46. The molecule has 0 bridgehead atoms. The maximum Gasteiger partial charge on any atom is 0.291 e. The molecule has 0 spiro atoms.